The zero-order valence-corrected chi connectivity index (χ0v) is 18.2. The Bertz CT molecular complexity index is 1000. The van der Waals surface area contributed by atoms with E-state index in [1.165, 1.54) is 33.5 Å². The molecule has 0 bridgehead atoms. The predicted octanol–water partition coefficient (Wildman–Crippen LogP) is 4.43. The molecular weight excluding hydrogens is 400 g/mol. The highest BCUT2D eigenvalue weighted by Gasteiger charge is 2.12. The number of benzene rings is 2. The molecular formula is C24H26O7. The number of hydrogen-bond donors (Lipinski definition) is 1. The lowest BCUT2D eigenvalue weighted by molar-refractivity contribution is -0.114. The van der Waals surface area contributed by atoms with Crippen molar-refractivity contribution in [2.24, 2.45) is 0 Å². The fourth-order valence-corrected chi connectivity index (χ4v) is 2.74. The molecule has 0 saturated heterocycles. The van der Waals surface area contributed by atoms with E-state index in [9.17, 15) is 9.90 Å². The van der Waals surface area contributed by atoms with E-state index in [0.29, 0.717) is 23.0 Å². The number of rotatable bonds is 10. The van der Waals surface area contributed by atoms with E-state index in [4.69, 9.17) is 23.7 Å². The van der Waals surface area contributed by atoms with Gasteiger partial charge in [0.2, 0.25) is 11.5 Å². The van der Waals surface area contributed by atoms with E-state index in [1.807, 2.05) is 0 Å². The number of methoxy groups -OCH3 is 5. The second kappa shape index (κ2) is 11.3. The van der Waals surface area contributed by atoms with Crippen LogP contribution in [0.4, 0.5) is 0 Å². The highest BCUT2D eigenvalue weighted by atomic mass is 16.5. The summed E-state index contributed by atoms with van der Waals surface area (Å²) < 4.78 is 26.0. The lowest BCUT2D eigenvalue weighted by atomic mass is 10.1. The van der Waals surface area contributed by atoms with Gasteiger partial charge in [-0.2, -0.15) is 0 Å². The van der Waals surface area contributed by atoms with Gasteiger partial charge >= 0.3 is 0 Å². The topological polar surface area (TPSA) is 83.5 Å². The van der Waals surface area contributed by atoms with Gasteiger partial charge in [-0.3, -0.25) is 4.79 Å². The van der Waals surface area contributed by atoms with Gasteiger partial charge in [-0.25, -0.2) is 0 Å². The van der Waals surface area contributed by atoms with Crippen LogP contribution < -0.4 is 18.9 Å². The largest absolute Gasteiger partial charge is 0.504 e. The highest BCUT2D eigenvalue weighted by Crippen LogP contribution is 2.29. The number of aliphatic hydroxyl groups is 1. The molecule has 2 aromatic carbocycles. The molecule has 0 heterocycles. The van der Waals surface area contributed by atoms with Crippen molar-refractivity contribution in [2.75, 3.05) is 35.5 Å². The summed E-state index contributed by atoms with van der Waals surface area (Å²) in [5.41, 5.74) is 1.47. The Morgan fingerprint density at radius 2 is 1.16 bits per heavy atom. The summed E-state index contributed by atoms with van der Waals surface area (Å²) in [6, 6.07) is 10.5. The van der Waals surface area contributed by atoms with Gasteiger partial charge in [-0.15, -0.1) is 0 Å². The van der Waals surface area contributed by atoms with Crippen LogP contribution in [0.3, 0.4) is 0 Å². The predicted molar refractivity (Wildman–Crippen MR) is 119 cm³/mol. The van der Waals surface area contributed by atoms with Crippen LogP contribution >= 0.6 is 0 Å². The van der Waals surface area contributed by atoms with Gasteiger partial charge in [0.05, 0.1) is 35.5 Å². The maximum Gasteiger partial charge on any atom is 0.224 e. The van der Waals surface area contributed by atoms with Gasteiger partial charge in [0.1, 0.15) is 0 Å². The van der Waals surface area contributed by atoms with Gasteiger partial charge < -0.3 is 28.8 Å². The summed E-state index contributed by atoms with van der Waals surface area (Å²) in [5, 5.41) is 10.3. The Kier molecular flexibility index (Phi) is 8.57. The molecule has 0 atom stereocenters. The molecule has 0 saturated carbocycles. The van der Waals surface area contributed by atoms with E-state index in [-0.39, 0.29) is 11.5 Å². The number of aliphatic hydroxyl groups excluding tert-OH is 1. The Labute approximate surface area is 181 Å². The van der Waals surface area contributed by atoms with Crippen LogP contribution in [-0.2, 0) is 9.53 Å². The van der Waals surface area contributed by atoms with Crippen LogP contribution in [-0.4, -0.2) is 46.4 Å². The minimum atomic E-state index is -0.494. The first kappa shape index (κ1) is 23.4. The van der Waals surface area contributed by atoms with Crippen LogP contribution in [0.5, 0.6) is 23.0 Å². The Morgan fingerprint density at radius 1 is 0.710 bits per heavy atom. The third-order valence-corrected chi connectivity index (χ3v) is 4.34. The molecule has 0 radical (unpaired) electrons. The lowest BCUT2D eigenvalue weighted by Gasteiger charge is -2.08. The first-order valence-electron chi connectivity index (χ1n) is 9.29. The molecule has 1 N–H and O–H groups in total. The third-order valence-electron chi connectivity index (χ3n) is 4.34. The minimum Gasteiger partial charge on any atom is -0.504 e. The summed E-state index contributed by atoms with van der Waals surface area (Å²) >= 11 is 0. The van der Waals surface area contributed by atoms with Crippen molar-refractivity contribution in [1.29, 1.82) is 0 Å². The van der Waals surface area contributed by atoms with Gasteiger partial charge in [0, 0.05) is 0 Å². The number of carbonyl (C=O) groups is 1. The summed E-state index contributed by atoms with van der Waals surface area (Å²) in [7, 11) is 7.48. The van der Waals surface area contributed by atoms with Crippen molar-refractivity contribution in [3.05, 3.63) is 71.2 Å². The number of ketones is 1. The second-order valence-electron chi connectivity index (χ2n) is 6.18. The van der Waals surface area contributed by atoms with Crippen molar-refractivity contribution >= 4 is 17.9 Å². The van der Waals surface area contributed by atoms with E-state index in [2.05, 4.69) is 0 Å². The molecule has 7 heteroatoms. The second-order valence-corrected chi connectivity index (χ2v) is 6.18. The average molecular weight is 426 g/mol. The molecule has 0 aromatic heterocycles. The number of hydrogen-bond acceptors (Lipinski definition) is 7. The number of ether oxygens (including phenoxy) is 5. The fourth-order valence-electron chi connectivity index (χ4n) is 2.74. The van der Waals surface area contributed by atoms with Crippen molar-refractivity contribution < 1.29 is 33.6 Å². The van der Waals surface area contributed by atoms with Crippen LogP contribution in [0.15, 0.2) is 60.1 Å². The number of carbonyl (C=O) groups excluding carboxylic acids is 1. The first-order chi connectivity index (χ1) is 15.0. The van der Waals surface area contributed by atoms with Crippen LogP contribution in [0.1, 0.15) is 11.1 Å². The molecule has 0 aliphatic heterocycles. The fraction of sp³-hybridized carbons (Fsp3) is 0.208. The summed E-state index contributed by atoms with van der Waals surface area (Å²) in [4.78, 5) is 12.5. The van der Waals surface area contributed by atoms with Crippen molar-refractivity contribution in [2.45, 2.75) is 0 Å². The van der Waals surface area contributed by atoms with Crippen LogP contribution in [0, 0.1) is 0 Å². The molecule has 0 aliphatic rings. The number of allylic oxidation sites excluding steroid dienone is 2. The van der Waals surface area contributed by atoms with Crippen molar-refractivity contribution in [3.63, 3.8) is 0 Å². The zero-order valence-electron chi connectivity index (χ0n) is 18.2. The summed E-state index contributed by atoms with van der Waals surface area (Å²) in [6.45, 7) is 0. The third kappa shape index (κ3) is 6.05. The van der Waals surface area contributed by atoms with Crippen molar-refractivity contribution in [1.82, 2.24) is 0 Å². The molecule has 0 unspecified atom stereocenters. The summed E-state index contributed by atoms with van der Waals surface area (Å²) in [6.07, 6.45) is 5.90. The highest BCUT2D eigenvalue weighted by molar-refractivity contribution is 6.05. The zero-order chi connectivity index (χ0) is 22.8. The Hall–Kier alpha value is -3.87. The Balaban J connectivity index is 2.22. The maximum atomic E-state index is 12.5. The maximum absolute atomic E-state index is 12.5. The summed E-state index contributed by atoms with van der Waals surface area (Å²) in [5.74, 6) is 1.28. The van der Waals surface area contributed by atoms with E-state index in [1.54, 1.807) is 62.8 Å². The minimum absolute atomic E-state index is 0.187. The monoisotopic (exact) mass is 426 g/mol. The van der Waals surface area contributed by atoms with Crippen LogP contribution in [0.2, 0.25) is 0 Å². The van der Waals surface area contributed by atoms with Crippen LogP contribution in [0.25, 0.3) is 12.2 Å². The molecule has 31 heavy (non-hydrogen) atoms. The van der Waals surface area contributed by atoms with Crippen molar-refractivity contribution in [3.8, 4) is 23.0 Å². The molecule has 0 fully saturated rings. The standard InChI is InChI=1S/C24H26O7/c1-27-20-12-8-16(14-22(20)29-3)6-10-18(25)24(31-5)19(26)11-7-17-9-13-21(28-2)23(15-17)30-4/h6-15,25H,1-5H3/b10-6+,11-7+,24-18?. The van der Waals surface area contributed by atoms with Gasteiger partial charge in [0.25, 0.3) is 0 Å². The molecule has 164 valence electrons. The first-order valence-corrected chi connectivity index (χ1v) is 9.29. The SMILES string of the molecule is COC(C(=O)/C=C/c1ccc(OC)c(OC)c1)=C(O)/C=C/c1ccc(OC)c(OC)c1. The van der Waals surface area contributed by atoms with Gasteiger partial charge in [-0.1, -0.05) is 24.3 Å². The molecule has 7 nitrogen and oxygen atoms in total. The lowest BCUT2D eigenvalue weighted by Crippen LogP contribution is -2.04. The van der Waals surface area contributed by atoms with E-state index < -0.39 is 5.78 Å². The molecule has 2 aromatic rings. The van der Waals surface area contributed by atoms with Gasteiger partial charge in [-0.05, 0) is 47.5 Å². The van der Waals surface area contributed by atoms with E-state index >= 15 is 0 Å². The molecule has 0 aliphatic carbocycles. The average Bonchev–Trinajstić information content (AvgIpc) is 2.81. The molecule has 2 rings (SSSR count). The molecule has 0 amide bonds. The Morgan fingerprint density at radius 3 is 1.58 bits per heavy atom. The molecule has 0 spiro atoms. The van der Waals surface area contributed by atoms with Gasteiger partial charge in [0.15, 0.2) is 28.8 Å². The van der Waals surface area contributed by atoms with E-state index in [0.717, 1.165) is 11.1 Å². The normalized spacial score (nSPS) is 11.9. The smallest absolute Gasteiger partial charge is 0.224 e. The quantitative estimate of drug-likeness (QED) is 0.342.